The van der Waals surface area contributed by atoms with Crippen LogP contribution in [-0.2, 0) is 27.9 Å². The van der Waals surface area contributed by atoms with Crippen LogP contribution in [0.2, 0.25) is 0 Å². The number of carbonyl (C=O) groups is 2. The van der Waals surface area contributed by atoms with E-state index >= 15 is 0 Å². The number of hydrogen-bond acceptors (Lipinski definition) is 7. The van der Waals surface area contributed by atoms with Crippen LogP contribution in [0.3, 0.4) is 0 Å². The number of hydrogen-bond donors (Lipinski definition) is 3. The number of amides is 1. The molecule has 0 aliphatic rings. The molecule has 0 aromatic heterocycles. The molecule has 0 bridgehead atoms. The van der Waals surface area contributed by atoms with Gasteiger partial charge in [0.15, 0.2) is 0 Å². The fourth-order valence-electron chi connectivity index (χ4n) is 4.71. The Kier molecular flexibility index (Phi) is 37.9. The van der Waals surface area contributed by atoms with Crippen LogP contribution in [0.4, 0.5) is 0 Å². The van der Waals surface area contributed by atoms with E-state index < -0.39 is 26.5 Å². The van der Waals surface area contributed by atoms with Crippen molar-refractivity contribution in [2.75, 3.05) is 26.4 Å². The van der Waals surface area contributed by atoms with Crippen molar-refractivity contribution in [3.63, 3.8) is 0 Å². The molecule has 2 unspecified atom stereocenters. The van der Waals surface area contributed by atoms with E-state index in [2.05, 4.69) is 116 Å². The number of rotatable bonds is 36. The molecule has 55 heavy (non-hydrogen) atoms. The molecule has 0 heterocycles. The zero-order chi connectivity index (χ0) is 40.3. The average molecular weight is 786 g/mol. The lowest BCUT2D eigenvalue weighted by molar-refractivity contribution is -0.147. The number of esters is 1. The third kappa shape index (κ3) is 41.7. The van der Waals surface area contributed by atoms with Gasteiger partial charge in [-0.3, -0.25) is 18.6 Å². The summed E-state index contributed by atoms with van der Waals surface area (Å²) in [5.41, 5.74) is 0. The lowest BCUT2D eigenvalue weighted by Crippen LogP contribution is -2.27. The summed E-state index contributed by atoms with van der Waals surface area (Å²) >= 11 is 0. The minimum Gasteiger partial charge on any atom is -0.463 e. The fraction of sp³-hybridized carbons (Fsp3) is 0.556. The van der Waals surface area contributed by atoms with Crippen molar-refractivity contribution >= 4 is 19.7 Å². The second kappa shape index (κ2) is 40.3. The van der Waals surface area contributed by atoms with Crippen LogP contribution in [-0.4, -0.2) is 54.3 Å². The van der Waals surface area contributed by atoms with Crippen molar-refractivity contribution in [3.8, 4) is 0 Å². The van der Waals surface area contributed by atoms with Crippen molar-refractivity contribution in [2.45, 2.75) is 136 Å². The zero-order valence-corrected chi connectivity index (χ0v) is 34.7. The Balaban J connectivity index is 3.78. The Morgan fingerprint density at radius 1 is 0.564 bits per heavy atom. The fourth-order valence-corrected chi connectivity index (χ4v) is 5.47. The highest BCUT2D eigenvalue weighted by Crippen LogP contribution is 2.42. The largest absolute Gasteiger partial charge is 0.472 e. The monoisotopic (exact) mass is 785 g/mol. The number of phosphoric acid groups is 1. The summed E-state index contributed by atoms with van der Waals surface area (Å²) in [7, 11) is -4.45. The molecule has 0 spiro atoms. The highest BCUT2D eigenvalue weighted by molar-refractivity contribution is 7.47. The van der Waals surface area contributed by atoms with Gasteiger partial charge >= 0.3 is 13.8 Å². The summed E-state index contributed by atoms with van der Waals surface area (Å²) in [6.45, 7) is 3.17. The maximum Gasteiger partial charge on any atom is 0.472 e. The lowest BCUT2D eigenvalue weighted by atomic mass is 10.1. The third-order valence-corrected chi connectivity index (χ3v) is 8.70. The molecule has 1 amide bonds. The summed E-state index contributed by atoms with van der Waals surface area (Å²) in [5.74, 6) is -0.632. The molecule has 0 aliphatic heterocycles. The van der Waals surface area contributed by atoms with E-state index in [4.69, 9.17) is 13.8 Å². The number of nitrogens with one attached hydrogen (secondary N) is 1. The van der Waals surface area contributed by atoms with E-state index in [1.165, 1.54) is 0 Å². The van der Waals surface area contributed by atoms with Gasteiger partial charge in [-0.1, -0.05) is 142 Å². The summed E-state index contributed by atoms with van der Waals surface area (Å²) in [6, 6.07) is 0. The quantitative estimate of drug-likeness (QED) is 0.0248. The summed E-state index contributed by atoms with van der Waals surface area (Å²) < 4.78 is 26.8. The molecule has 0 aliphatic carbocycles. The Morgan fingerprint density at radius 3 is 1.51 bits per heavy atom. The zero-order valence-electron chi connectivity index (χ0n) is 33.8. The van der Waals surface area contributed by atoms with Gasteiger partial charge in [0.1, 0.15) is 12.7 Å². The van der Waals surface area contributed by atoms with Crippen LogP contribution in [0.5, 0.6) is 0 Å². The predicted octanol–water partition coefficient (Wildman–Crippen LogP) is 11.2. The molecular weight excluding hydrogens is 713 g/mol. The smallest absolute Gasteiger partial charge is 0.463 e. The Labute approximate surface area is 333 Å². The number of aliphatic hydroxyl groups is 1. The van der Waals surface area contributed by atoms with Gasteiger partial charge in [-0.2, -0.15) is 0 Å². The summed E-state index contributed by atoms with van der Waals surface area (Å²) in [5, 5.41) is 12.6. The second-order valence-corrected chi connectivity index (χ2v) is 14.3. The molecular formula is C45H72NO8P. The van der Waals surface area contributed by atoms with Crippen molar-refractivity contribution in [3.05, 3.63) is 109 Å². The van der Waals surface area contributed by atoms with Crippen molar-refractivity contribution < 1.29 is 37.9 Å². The average Bonchev–Trinajstić information content (AvgIpc) is 3.17. The van der Waals surface area contributed by atoms with Crippen LogP contribution < -0.4 is 5.32 Å². The van der Waals surface area contributed by atoms with Gasteiger partial charge < -0.3 is 20.1 Å². The maximum atomic E-state index is 12.1. The van der Waals surface area contributed by atoms with Crippen LogP contribution >= 0.6 is 7.82 Å². The van der Waals surface area contributed by atoms with Crippen molar-refractivity contribution in [2.24, 2.45) is 0 Å². The van der Waals surface area contributed by atoms with E-state index in [-0.39, 0.29) is 38.5 Å². The second-order valence-electron chi connectivity index (χ2n) is 12.8. The predicted molar refractivity (Wildman–Crippen MR) is 228 cm³/mol. The molecule has 0 saturated heterocycles. The van der Waals surface area contributed by atoms with E-state index in [0.29, 0.717) is 12.8 Å². The van der Waals surface area contributed by atoms with Gasteiger partial charge in [-0.05, 0) is 83.5 Å². The third-order valence-electron chi connectivity index (χ3n) is 7.71. The molecule has 0 radical (unpaired) electrons. The first-order valence-electron chi connectivity index (χ1n) is 20.4. The molecule has 9 nitrogen and oxygen atoms in total. The van der Waals surface area contributed by atoms with Gasteiger partial charge in [-0.15, -0.1) is 0 Å². The minimum atomic E-state index is -4.45. The molecule has 3 N–H and O–H groups in total. The van der Waals surface area contributed by atoms with E-state index in [1.54, 1.807) is 0 Å². The number of unbranched alkanes of at least 4 members (excludes halogenated alkanes) is 5. The van der Waals surface area contributed by atoms with Gasteiger partial charge in [0.05, 0.1) is 13.2 Å². The number of ether oxygens (including phenoxy) is 1. The van der Waals surface area contributed by atoms with Gasteiger partial charge in [0.25, 0.3) is 0 Å². The molecule has 0 saturated carbocycles. The number of phosphoric ester groups is 1. The lowest BCUT2D eigenvalue weighted by Gasteiger charge is -2.15. The highest BCUT2D eigenvalue weighted by Gasteiger charge is 2.23. The Morgan fingerprint density at radius 2 is 1.00 bits per heavy atom. The molecule has 0 rings (SSSR count). The van der Waals surface area contributed by atoms with E-state index in [9.17, 15) is 24.2 Å². The number of aliphatic hydroxyl groups excluding tert-OH is 1. The summed E-state index contributed by atoms with van der Waals surface area (Å²) in [6.07, 6.45) is 53.2. The molecule has 2 atom stereocenters. The molecule has 0 aromatic carbocycles. The first kappa shape index (κ1) is 51.7. The van der Waals surface area contributed by atoms with E-state index in [0.717, 1.165) is 89.9 Å². The number of allylic oxidation sites excluding steroid dienone is 18. The highest BCUT2D eigenvalue weighted by atomic mass is 31.2. The van der Waals surface area contributed by atoms with Gasteiger partial charge in [0.2, 0.25) is 5.91 Å². The van der Waals surface area contributed by atoms with Crippen molar-refractivity contribution in [1.29, 1.82) is 0 Å². The summed E-state index contributed by atoms with van der Waals surface area (Å²) in [4.78, 5) is 33.8. The first-order valence-corrected chi connectivity index (χ1v) is 21.9. The van der Waals surface area contributed by atoms with Crippen LogP contribution in [0.25, 0.3) is 0 Å². The molecule has 10 heteroatoms. The SMILES string of the molecule is CC/C=C\C/C=C\C/C=C\C/C=C\C/C=C\C/C=C\CCC(=O)NCCOP(=O)(O)OCC(O)COC(=O)CCCCCCC/C=C\C/C=C\C/C=C\CC. The Bertz CT molecular complexity index is 1260. The molecule has 310 valence electrons. The van der Waals surface area contributed by atoms with E-state index in [1.807, 2.05) is 12.2 Å². The van der Waals surface area contributed by atoms with Crippen LogP contribution in [0.1, 0.15) is 129 Å². The minimum absolute atomic E-state index is 0.0309. The van der Waals surface area contributed by atoms with Crippen molar-refractivity contribution in [1.82, 2.24) is 5.32 Å². The maximum absolute atomic E-state index is 12.1. The molecule has 0 aromatic rings. The Hall–Kier alpha value is -3.33. The van der Waals surface area contributed by atoms with Crippen LogP contribution in [0.15, 0.2) is 109 Å². The first-order chi connectivity index (χ1) is 26.8. The number of carbonyl (C=O) groups excluding carboxylic acids is 2. The van der Waals surface area contributed by atoms with Gasteiger partial charge in [-0.25, -0.2) is 4.57 Å². The van der Waals surface area contributed by atoms with Gasteiger partial charge in [0, 0.05) is 19.4 Å². The standard InChI is InChI=1S/C45H72NO8P/c1-3-5-7-9-11-13-15-17-19-20-21-22-24-25-27-29-31-33-35-37-44(48)46-39-40-53-55(50,51)54-42-43(47)41-52-45(49)38-36-34-32-30-28-26-23-18-16-14-12-10-8-6-4-2/h5-8,11-14,17-19,21-23,25,27,31,33,43,47H,3-4,9-10,15-16,20,24,26,28-30,32,34-42H2,1-2H3,(H,46,48)(H,50,51)/b7-5-,8-6-,13-11-,14-12-,19-17-,22-21-,23-18-,27-25-,33-31-. The van der Waals surface area contributed by atoms with Crippen LogP contribution in [0, 0.1) is 0 Å². The molecule has 0 fully saturated rings. The topological polar surface area (TPSA) is 131 Å². The normalized spacial score (nSPS) is 14.5.